The second kappa shape index (κ2) is 7.42. The number of carbonyl (C=O) groups is 1. The van der Waals surface area contributed by atoms with Gasteiger partial charge in [0.25, 0.3) is 5.91 Å². The van der Waals surface area contributed by atoms with E-state index in [2.05, 4.69) is 62.3 Å². The molecule has 0 aliphatic rings. The van der Waals surface area contributed by atoms with Crippen molar-refractivity contribution in [1.82, 2.24) is 10.3 Å². The second-order valence-electron chi connectivity index (χ2n) is 7.52. The monoisotopic (exact) mass is 364 g/mol. The van der Waals surface area contributed by atoms with E-state index in [9.17, 15) is 4.79 Å². The van der Waals surface area contributed by atoms with Gasteiger partial charge in [0.2, 0.25) is 0 Å². The summed E-state index contributed by atoms with van der Waals surface area (Å²) < 4.78 is 0. The average molecular weight is 365 g/mol. The van der Waals surface area contributed by atoms with Crippen LogP contribution in [0, 0.1) is 6.92 Å². The van der Waals surface area contributed by atoms with Crippen molar-refractivity contribution in [1.29, 1.82) is 0 Å². The number of aryl methyl sites for hydroxylation is 1. The highest BCUT2D eigenvalue weighted by molar-refractivity contribution is 7.13. The van der Waals surface area contributed by atoms with Gasteiger partial charge in [-0.15, -0.1) is 11.3 Å². The Bertz CT molecular complexity index is 887. The smallest absolute Gasteiger partial charge is 0.251 e. The lowest BCUT2D eigenvalue weighted by molar-refractivity contribution is 0.0950. The molecule has 134 valence electrons. The third-order valence-electron chi connectivity index (χ3n) is 4.29. The van der Waals surface area contributed by atoms with Gasteiger partial charge in [0.1, 0.15) is 5.01 Å². The summed E-state index contributed by atoms with van der Waals surface area (Å²) >= 11 is 1.60. The van der Waals surface area contributed by atoms with E-state index >= 15 is 0 Å². The first-order valence-electron chi connectivity index (χ1n) is 8.73. The first kappa shape index (κ1) is 18.3. The summed E-state index contributed by atoms with van der Waals surface area (Å²) in [6.45, 7) is 8.99. The summed E-state index contributed by atoms with van der Waals surface area (Å²) in [5.74, 6) is -0.0738. The quantitative estimate of drug-likeness (QED) is 0.678. The number of carbonyl (C=O) groups excluding carboxylic acids is 1. The normalized spacial score (nSPS) is 11.4. The molecule has 0 aliphatic carbocycles. The van der Waals surface area contributed by atoms with E-state index in [-0.39, 0.29) is 11.3 Å². The van der Waals surface area contributed by atoms with Gasteiger partial charge in [-0.2, -0.15) is 0 Å². The summed E-state index contributed by atoms with van der Waals surface area (Å²) in [6.07, 6.45) is 0. The van der Waals surface area contributed by atoms with Crippen LogP contribution in [0.4, 0.5) is 0 Å². The van der Waals surface area contributed by atoms with Gasteiger partial charge < -0.3 is 5.32 Å². The molecule has 0 saturated heterocycles. The predicted octanol–water partition coefficient (Wildman–Crippen LogP) is 5.35. The highest BCUT2D eigenvalue weighted by Crippen LogP contribution is 2.24. The Morgan fingerprint density at radius 2 is 1.69 bits per heavy atom. The highest BCUT2D eigenvalue weighted by Gasteiger charge is 2.14. The topological polar surface area (TPSA) is 42.0 Å². The number of nitrogens with one attached hydrogen (secondary N) is 1. The Balaban J connectivity index is 1.62. The van der Waals surface area contributed by atoms with Gasteiger partial charge in [0.05, 0.1) is 12.2 Å². The third kappa shape index (κ3) is 4.38. The lowest BCUT2D eigenvalue weighted by Gasteiger charge is -2.19. The Kier molecular flexibility index (Phi) is 5.23. The molecule has 0 radical (unpaired) electrons. The molecule has 3 nitrogen and oxygen atoms in total. The van der Waals surface area contributed by atoms with Crippen LogP contribution in [0.25, 0.3) is 10.6 Å². The van der Waals surface area contributed by atoms with E-state index in [4.69, 9.17) is 0 Å². The number of hydrogen-bond acceptors (Lipinski definition) is 3. The molecule has 0 saturated carbocycles. The molecule has 0 bridgehead atoms. The number of nitrogens with zero attached hydrogens (tertiary/aromatic N) is 1. The molecule has 0 fully saturated rings. The van der Waals surface area contributed by atoms with Crippen molar-refractivity contribution in [2.24, 2.45) is 0 Å². The summed E-state index contributed by atoms with van der Waals surface area (Å²) in [5, 5.41) is 5.93. The molecule has 1 amide bonds. The fourth-order valence-electron chi connectivity index (χ4n) is 2.61. The minimum atomic E-state index is -0.0738. The van der Waals surface area contributed by atoms with E-state index in [1.54, 1.807) is 11.3 Å². The molecule has 3 aromatic rings. The van der Waals surface area contributed by atoms with Gasteiger partial charge in [-0.25, -0.2) is 4.98 Å². The fourth-order valence-corrected chi connectivity index (χ4v) is 3.44. The maximum atomic E-state index is 12.4. The molecule has 2 aromatic carbocycles. The van der Waals surface area contributed by atoms with Gasteiger partial charge in [0, 0.05) is 16.5 Å². The van der Waals surface area contributed by atoms with Crippen molar-refractivity contribution >= 4 is 17.2 Å². The number of aromatic nitrogens is 1. The number of rotatable bonds is 4. The van der Waals surface area contributed by atoms with Gasteiger partial charge in [-0.1, -0.05) is 62.7 Å². The van der Waals surface area contributed by atoms with Gasteiger partial charge in [0.15, 0.2) is 0 Å². The summed E-state index contributed by atoms with van der Waals surface area (Å²) in [5.41, 5.74) is 5.20. The average Bonchev–Trinajstić information content (AvgIpc) is 3.08. The number of thiazole rings is 1. The molecule has 0 aliphatic heterocycles. The van der Waals surface area contributed by atoms with E-state index < -0.39 is 0 Å². The zero-order valence-corrected chi connectivity index (χ0v) is 16.5. The van der Waals surface area contributed by atoms with E-state index in [0.717, 1.165) is 16.3 Å². The molecule has 1 aromatic heterocycles. The lowest BCUT2D eigenvalue weighted by atomic mass is 9.87. The molecule has 1 N–H and O–H groups in total. The predicted molar refractivity (Wildman–Crippen MR) is 109 cm³/mol. The minimum absolute atomic E-state index is 0.0738. The van der Waals surface area contributed by atoms with Crippen LogP contribution < -0.4 is 5.32 Å². The Morgan fingerprint density at radius 1 is 1.04 bits per heavy atom. The Hall–Kier alpha value is -2.46. The van der Waals surface area contributed by atoms with Crippen LogP contribution in [0.5, 0.6) is 0 Å². The maximum absolute atomic E-state index is 12.4. The minimum Gasteiger partial charge on any atom is -0.346 e. The zero-order valence-electron chi connectivity index (χ0n) is 15.7. The van der Waals surface area contributed by atoms with Gasteiger partial charge in [-0.05, 0) is 30.0 Å². The molecule has 26 heavy (non-hydrogen) atoms. The van der Waals surface area contributed by atoms with E-state index in [1.165, 1.54) is 11.1 Å². The van der Waals surface area contributed by atoms with Crippen LogP contribution in [-0.2, 0) is 12.0 Å². The van der Waals surface area contributed by atoms with Crippen LogP contribution in [-0.4, -0.2) is 10.9 Å². The van der Waals surface area contributed by atoms with Crippen LogP contribution in [0.2, 0.25) is 0 Å². The molecule has 0 unspecified atom stereocenters. The summed E-state index contributed by atoms with van der Waals surface area (Å²) in [7, 11) is 0. The molecule has 4 heteroatoms. The van der Waals surface area contributed by atoms with Gasteiger partial charge in [-0.3, -0.25) is 4.79 Å². The standard InChI is InChI=1S/C22H24N2OS/c1-15-5-7-17(8-6-15)21-24-19(14-26-21)13-23-20(25)16-9-11-18(12-10-16)22(2,3)4/h5-12,14H,13H2,1-4H3,(H,23,25). The Morgan fingerprint density at radius 3 is 2.31 bits per heavy atom. The van der Waals surface area contributed by atoms with Crippen molar-refractivity contribution in [3.05, 3.63) is 76.3 Å². The summed E-state index contributed by atoms with van der Waals surface area (Å²) in [6, 6.07) is 16.1. The number of benzene rings is 2. The molecular weight excluding hydrogens is 340 g/mol. The van der Waals surface area contributed by atoms with Crippen molar-refractivity contribution in [2.75, 3.05) is 0 Å². The lowest BCUT2D eigenvalue weighted by Crippen LogP contribution is -2.23. The number of hydrogen-bond donors (Lipinski definition) is 1. The van der Waals surface area contributed by atoms with Gasteiger partial charge >= 0.3 is 0 Å². The fraction of sp³-hybridized carbons (Fsp3) is 0.273. The number of amides is 1. The van der Waals surface area contributed by atoms with Crippen molar-refractivity contribution in [2.45, 2.75) is 39.7 Å². The zero-order chi connectivity index (χ0) is 18.7. The van der Waals surface area contributed by atoms with Crippen molar-refractivity contribution in [3.8, 4) is 10.6 Å². The first-order chi connectivity index (χ1) is 12.3. The second-order valence-corrected chi connectivity index (χ2v) is 8.38. The highest BCUT2D eigenvalue weighted by atomic mass is 32.1. The first-order valence-corrected chi connectivity index (χ1v) is 9.61. The van der Waals surface area contributed by atoms with Crippen molar-refractivity contribution in [3.63, 3.8) is 0 Å². The van der Waals surface area contributed by atoms with E-state index in [0.29, 0.717) is 12.1 Å². The third-order valence-corrected chi connectivity index (χ3v) is 5.23. The van der Waals surface area contributed by atoms with Crippen LogP contribution in [0.1, 0.15) is 48.0 Å². The van der Waals surface area contributed by atoms with Crippen LogP contribution >= 0.6 is 11.3 Å². The van der Waals surface area contributed by atoms with E-state index in [1.807, 2.05) is 29.6 Å². The molecule has 0 atom stereocenters. The van der Waals surface area contributed by atoms with Crippen LogP contribution in [0.15, 0.2) is 53.9 Å². The maximum Gasteiger partial charge on any atom is 0.251 e. The summed E-state index contributed by atoms with van der Waals surface area (Å²) in [4.78, 5) is 17.0. The molecule has 0 spiro atoms. The molecule has 1 heterocycles. The largest absolute Gasteiger partial charge is 0.346 e. The Labute approximate surface area is 159 Å². The van der Waals surface area contributed by atoms with Crippen molar-refractivity contribution < 1.29 is 4.79 Å². The van der Waals surface area contributed by atoms with Crippen LogP contribution in [0.3, 0.4) is 0 Å². The SMILES string of the molecule is Cc1ccc(-c2nc(CNC(=O)c3ccc(C(C)(C)C)cc3)cs2)cc1. The molecule has 3 rings (SSSR count). The molecular formula is C22H24N2OS.